The summed E-state index contributed by atoms with van der Waals surface area (Å²) in [5, 5.41) is 11.1. The number of sulfonamides is 1. The Morgan fingerprint density at radius 3 is 2.47 bits per heavy atom. The molecule has 0 radical (unpaired) electrons. The van der Waals surface area contributed by atoms with Crippen molar-refractivity contribution in [3.8, 4) is 11.5 Å². The highest BCUT2D eigenvalue weighted by Crippen LogP contribution is 2.31. The molecule has 0 aliphatic heterocycles. The van der Waals surface area contributed by atoms with Gasteiger partial charge in [0.15, 0.2) is 5.82 Å². The lowest BCUT2D eigenvalue weighted by atomic mass is 10.1. The standard InChI is InChI=1S/C26H17BrCl2N4O4S/c27-15-5-11-22-19(13-15)25(32-31-22)30-26(34)20-14-16(28)6-12-23(20)33-38(35,36)18-9-7-17(8-10-18)37-24-4-2-1-3-21(24)29/h1-14,33H,(H2,30,31,32,34). The fourth-order valence-electron chi connectivity index (χ4n) is 3.59. The van der Waals surface area contributed by atoms with E-state index in [-0.39, 0.29) is 27.0 Å². The molecule has 12 heteroatoms. The van der Waals surface area contributed by atoms with Crippen LogP contribution in [0, 0.1) is 0 Å². The number of para-hydroxylation sites is 1. The van der Waals surface area contributed by atoms with Crippen LogP contribution in [0.2, 0.25) is 10.0 Å². The third kappa shape index (κ3) is 5.63. The number of fused-ring (bicyclic) bond motifs is 1. The fraction of sp³-hybridized carbons (Fsp3) is 0. The first-order chi connectivity index (χ1) is 18.2. The Hall–Kier alpha value is -3.57. The van der Waals surface area contributed by atoms with Crippen molar-refractivity contribution in [2.45, 2.75) is 4.90 Å². The smallest absolute Gasteiger partial charge is 0.261 e. The van der Waals surface area contributed by atoms with Crippen LogP contribution in [0.4, 0.5) is 11.5 Å². The van der Waals surface area contributed by atoms with E-state index in [1.54, 1.807) is 30.3 Å². The molecular formula is C26H17BrCl2N4O4S. The topological polar surface area (TPSA) is 113 Å². The Kier molecular flexibility index (Phi) is 7.31. The summed E-state index contributed by atoms with van der Waals surface area (Å²) < 4.78 is 35.3. The van der Waals surface area contributed by atoms with Gasteiger partial charge in [0.05, 0.1) is 26.7 Å². The predicted octanol–water partition coefficient (Wildman–Crippen LogP) is 7.48. The van der Waals surface area contributed by atoms with Crippen molar-refractivity contribution in [2.75, 3.05) is 10.0 Å². The van der Waals surface area contributed by atoms with Gasteiger partial charge in [-0.1, -0.05) is 51.3 Å². The molecule has 0 bridgehead atoms. The number of hydrogen-bond acceptors (Lipinski definition) is 5. The molecule has 1 aromatic heterocycles. The average molecular weight is 632 g/mol. The molecule has 8 nitrogen and oxygen atoms in total. The van der Waals surface area contributed by atoms with E-state index in [2.05, 4.69) is 36.2 Å². The lowest BCUT2D eigenvalue weighted by molar-refractivity contribution is 0.102. The summed E-state index contributed by atoms with van der Waals surface area (Å²) in [7, 11) is -4.06. The van der Waals surface area contributed by atoms with Crippen LogP contribution in [-0.4, -0.2) is 24.5 Å². The molecule has 0 unspecified atom stereocenters. The van der Waals surface area contributed by atoms with Crippen molar-refractivity contribution in [3.63, 3.8) is 0 Å². The minimum absolute atomic E-state index is 0.0193. The molecule has 3 N–H and O–H groups in total. The average Bonchev–Trinajstić information content (AvgIpc) is 3.28. The predicted molar refractivity (Wildman–Crippen MR) is 152 cm³/mol. The molecule has 0 fully saturated rings. The van der Waals surface area contributed by atoms with Crippen LogP contribution in [-0.2, 0) is 10.0 Å². The molecule has 1 heterocycles. The number of nitrogens with zero attached hydrogens (tertiary/aromatic N) is 1. The molecule has 1 amide bonds. The second-order valence-corrected chi connectivity index (χ2v) is 11.5. The highest BCUT2D eigenvalue weighted by atomic mass is 79.9. The summed E-state index contributed by atoms with van der Waals surface area (Å²) in [4.78, 5) is 13.2. The quantitative estimate of drug-likeness (QED) is 0.172. The zero-order chi connectivity index (χ0) is 26.9. The van der Waals surface area contributed by atoms with Crippen LogP contribution < -0.4 is 14.8 Å². The molecule has 0 saturated carbocycles. The van der Waals surface area contributed by atoms with E-state index in [1.165, 1.54) is 42.5 Å². The van der Waals surface area contributed by atoms with E-state index in [0.29, 0.717) is 21.9 Å². The van der Waals surface area contributed by atoms with Crippen molar-refractivity contribution in [3.05, 3.63) is 105 Å². The Morgan fingerprint density at radius 1 is 0.947 bits per heavy atom. The van der Waals surface area contributed by atoms with E-state index in [0.717, 1.165) is 9.99 Å². The van der Waals surface area contributed by atoms with E-state index in [1.807, 2.05) is 12.1 Å². The second-order valence-electron chi connectivity index (χ2n) is 8.02. The van der Waals surface area contributed by atoms with Crippen LogP contribution in [0.25, 0.3) is 10.9 Å². The number of carbonyl (C=O) groups is 1. The summed E-state index contributed by atoms with van der Waals surface area (Å²) in [6, 6.07) is 22.5. The molecule has 0 spiro atoms. The van der Waals surface area contributed by atoms with Crippen molar-refractivity contribution in [1.82, 2.24) is 10.2 Å². The Balaban J connectivity index is 1.38. The van der Waals surface area contributed by atoms with Gasteiger partial charge in [0.25, 0.3) is 15.9 Å². The van der Waals surface area contributed by atoms with Crippen LogP contribution in [0.3, 0.4) is 0 Å². The Bertz CT molecular complexity index is 1780. The number of ether oxygens (including phenoxy) is 1. The summed E-state index contributed by atoms with van der Waals surface area (Å²) in [5.74, 6) is 0.537. The maximum Gasteiger partial charge on any atom is 0.261 e. The fourth-order valence-corrected chi connectivity index (χ4v) is 5.38. The van der Waals surface area contributed by atoms with Gasteiger partial charge >= 0.3 is 0 Å². The van der Waals surface area contributed by atoms with Gasteiger partial charge < -0.3 is 10.1 Å². The largest absolute Gasteiger partial charge is 0.456 e. The van der Waals surface area contributed by atoms with Crippen molar-refractivity contribution >= 4 is 77.5 Å². The Morgan fingerprint density at radius 2 is 1.71 bits per heavy atom. The summed E-state index contributed by atoms with van der Waals surface area (Å²) in [5.41, 5.74) is 0.785. The van der Waals surface area contributed by atoms with Gasteiger partial charge in [-0.15, -0.1) is 0 Å². The molecule has 0 saturated heterocycles. The molecule has 4 aromatic carbocycles. The van der Waals surface area contributed by atoms with Crippen LogP contribution in [0.5, 0.6) is 11.5 Å². The van der Waals surface area contributed by atoms with Crippen LogP contribution in [0.1, 0.15) is 10.4 Å². The van der Waals surface area contributed by atoms with Gasteiger partial charge in [-0.2, -0.15) is 5.10 Å². The molecule has 0 aliphatic carbocycles. The number of aromatic amines is 1. The molecule has 0 aliphatic rings. The summed E-state index contributed by atoms with van der Waals surface area (Å²) >= 11 is 15.7. The van der Waals surface area contributed by atoms with Gasteiger partial charge in [0.2, 0.25) is 0 Å². The number of amides is 1. The molecule has 38 heavy (non-hydrogen) atoms. The van der Waals surface area contributed by atoms with Gasteiger partial charge in [0.1, 0.15) is 11.5 Å². The zero-order valence-electron chi connectivity index (χ0n) is 19.2. The minimum Gasteiger partial charge on any atom is -0.456 e. The van der Waals surface area contributed by atoms with Crippen molar-refractivity contribution < 1.29 is 17.9 Å². The molecule has 0 atom stereocenters. The first kappa shape index (κ1) is 26.1. The normalized spacial score (nSPS) is 11.3. The number of halogens is 3. The van der Waals surface area contributed by atoms with Gasteiger partial charge in [-0.25, -0.2) is 8.42 Å². The number of anilines is 2. The maximum atomic E-state index is 13.2. The number of hydrogen-bond donors (Lipinski definition) is 3. The third-order valence-electron chi connectivity index (χ3n) is 5.43. The highest BCUT2D eigenvalue weighted by molar-refractivity contribution is 9.10. The number of carbonyl (C=O) groups excluding carboxylic acids is 1. The van der Waals surface area contributed by atoms with E-state index < -0.39 is 15.9 Å². The van der Waals surface area contributed by atoms with E-state index >= 15 is 0 Å². The highest BCUT2D eigenvalue weighted by Gasteiger charge is 2.21. The molecule has 5 aromatic rings. The number of benzene rings is 4. The van der Waals surface area contributed by atoms with Crippen LogP contribution >= 0.6 is 39.1 Å². The maximum absolute atomic E-state index is 13.2. The van der Waals surface area contributed by atoms with Crippen LogP contribution in [0.15, 0.2) is 94.3 Å². The number of H-pyrrole nitrogens is 1. The summed E-state index contributed by atoms with van der Waals surface area (Å²) in [6.07, 6.45) is 0. The Labute approximate surface area is 236 Å². The lowest BCUT2D eigenvalue weighted by Crippen LogP contribution is -2.19. The minimum atomic E-state index is -4.06. The molecular weight excluding hydrogens is 615 g/mol. The SMILES string of the molecule is O=C(Nc1n[nH]c2ccc(Br)cc12)c1cc(Cl)ccc1NS(=O)(=O)c1ccc(Oc2ccccc2Cl)cc1. The number of rotatable bonds is 7. The van der Waals surface area contributed by atoms with Crippen molar-refractivity contribution in [2.24, 2.45) is 0 Å². The monoisotopic (exact) mass is 630 g/mol. The van der Waals surface area contributed by atoms with Crippen molar-refractivity contribution in [1.29, 1.82) is 0 Å². The molecule has 5 rings (SSSR count). The second kappa shape index (κ2) is 10.7. The lowest BCUT2D eigenvalue weighted by Gasteiger charge is -2.13. The first-order valence-corrected chi connectivity index (χ1v) is 14.0. The third-order valence-corrected chi connectivity index (χ3v) is 7.85. The molecule has 192 valence electrons. The number of nitrogens with one attached hydrogen (secondary N) is 3. The van der Waals surface area contributed by atoms with Gasteiger partial charge in [-0.3, -0.25) is 14.6 Å². The summed E-state index contributed by atoms with van der Waals surface area (Å²) in [6.45, 7) is 0. The van der Waals surface area contributed by atoms with Gasteiger partial charge in [0, 0.05) is 14.9 Å². The number of aromatic nitrogens is 2. The zero-order valence-corrected chi connectivity index (χ0v) is 23.1. The van der Waals surface area contributed by atoms with E-state index in [4.69, 9.17) is 27.9 Å². The first-order valence-electron chi connectivity index (χ1n) is 11.0. The van der Waals surface area contributed by atoms with E-state index in [9.17, 15) is 13.2 Å². The van der Waals surface area contributed by atoms with Gasteiger partial charge in [-0.05, 0) is 72.8 Å².